The van der Waals surface area contributed by atoms with Crippen LogP contribution in [0.4, 0.5) is 0 Å². The highest BCUT2D eigenvalue weighted by Crippen LogP contribution is 2.25. The van der Waals surface area contributed by atoms with Gasteiger partial charge in [-0.2, -0.15) is 0 Å². The third-order valence-corrected chi connectivity index (χ3v) is 4.16. The highest BCUT2D eigenvalue weighted by atomic mass is 16.5. The largest absolute Gasteiger partial charge is 0.497 e. The van der Waals surface area contributed by atoms with Gasteiger partial charge in [0.05, 0.1) is 14.2 Å². The Balaban J connectivity index is 2.16. The number of hydrogen-bond acceptors (Lipinski definition) is 4. The molecule has 1 aliphatic heterocycles. The minimum Gasteiger partial charge on any atom is -0.497 e. The van der Waals surface area contributed by atoms with Gasteiger partial charge in [-0.25, -0.2) is 0 Å². The summed E-state index contributed by atoms with van der Waals surface area (Å²) in [6.45, 7) is 3.71. The first-order valence-electron chi connectivity index (χ1n) is 7.28. The normalized spacial score (nSPS) is 22.0. The summed E-state index contributed by atoms with van der Waals surface area (Å²) < 4.78 is 10.5. The van der Waals surface area contributed by atoms with Crippen molar-refractivity contribution in [3.63, 3.8) is 0 Å². The second kappa shape index (κ2) is 6.80. The molecule has 0 saturated carbocycles. The van der Waals surface area contributed by atoms with Crippen LogP contribution in [0, 0.1) is 5.92 Å². The fourth-order valence-electron chi connectivity index (χ4n) is 2.87. The molecule has 2 rings (SSSR count). The summed E-state index contributed by atoms with van der Waals surface area (Å²) in [6.07, 6.45) is 0.977. The van der Waals surface area contributed by atoms with Crippen molar-refractivity contribution in [3.05, 3.63) is 23.8 Å². The highest BCUT2D eigenvalue weighted by molar-refractivity contribution is 5.95. The van der Waals surface area contributed by atoms with Crippen LogP contribution in [0.2, 0.25) is 0 Å². The first-order valence-corrected chi connectivity index (χ1v) is 7.28. The SMILES string of the molecule is CNC1CCN(C(=O)c2cc(OC)cc(OC)c2)CC1C. The second-order valence-corrected chi connectivity index (χ2v) is 5.51. The number of hydrogen-bond donors (Lipinski definition) is 1. The zero-order valence-electron chi connectivity index (χ0n) is 13.2. The van der Waals surface area contributed by atoms with E-state index in [1.54, 1.807) is 32.4 Å². The van der Waals surface area contributed by atoms with E-state index >= 15 is 0 Å². The summed E-state index contributed by atoms with van der Waals surface area (Å²) in [6, 6.07) is 5.78. The van der Waals surface area contributed by atoms with Gasteiger partial charge in [-0.15, -0.1) is 0 Å². The first-order chi connectivity index (χ1) is 10.1. The molecular formula is C16H24N2O3. The van der Waals surface area contributed by atoms with Crippen molar-refractivity contribution in [1.82, 2.24) is 10.2 Å². The van der Waals surface area contributed by atoms with Gasteiger partial charge in [-0.3, -0.25) is 4.79 Å². The summed E-state index contributed by atoms with van der Waals surface area (Å²) in [5.41, 5.74) is 0.612. The maximum absolute atomic E-state index is 12.7. The standard InChI is InChI=1S/C16H24N2O3/c1-11-10-18(6-5-15(11)17-2)16(19)12-7-13(20-3)9-14(8-12)21-4/h7-9,11,15,17H,5-6,10H2,1-4H3. The number of carbonyl (C=O) groups is 1. The molecule has 2 unspecified atom stereocenters. The Morgan fingerprint density at radius 3 is 2.33 bits per heavy atom. The summed E-state index contributed by atoms with van der Waals surface area (Å²) in [7, 11) is 5.15. The van der Waals surface area contributed by atoms with E-state index in [2.05, 4.69) is 12.2 Å². The molecule has 0 radical (unpaired) electrons. The third-order valence-electron chi connectivity index (χ3n) is 4.16. The van der Waals surface area contributed by atoms with Gasteiger partial charge in [0, 0.05) is 30.8 Å². The highest BCUT2D eigenvalue weighted by Gasteiger charge is 2.28. The minimum atomic E-state index is 0.0357. The Kier molecular flexibility index (Phi) is 5.07. The number of nitrogens with zero attached hydrogens (tertiary/aromatic N) is 1. The Morgan fingerprint density at radius 1 is 1.24 bits per heavy atom. The zero-order valence-corrected chi connectivity index (χ0v) is 13.2. The zero-order chi connectivity index (χ0) is 15.4. The molecule has 1 saturated heterocycles. The number of methoxy groups -OCH3 is 2. The molecule has 1 aromatic rings. The van der Waals surface area contributed by atoms with E-state index in [0.717, 1.165) is 19.5 Å². The predicted molar refractivity (Wildman–Crippen MR) is 82.1 cm³/mol. The average Bonchev–Trinajstić information content (AvgIpc) is 2.53. The molecule has 2 atom stereocenters. The van der Waals surface area contributed by atoms with Crippen LogP contribution < -0.4 is 14.8 Å². The Morgan fingerprint density at radius 2 is 1.86 bits per heavy atom. The van der Waals surface area contributed by atoms with Crippen LogP contribution >= 0.6 is 0 Å². The van der Waals surface area contributed by atoms with Crippen molar-refractivity contribution in [2.45, 2.75) is 19.4 Å². The number of amides is 1. The third kappa shape index (κ3) is 3.47. The fraction of sp³-hybridized carbons (Fsp3) is 0.562. The summed E-state index contributed by atoms with van der Waals surface area (Å²) in [4.78, 5) is 14.6. The topological polar surface area (TPSA) is 50.8 Å². The number of piperidine rings is 1. The molecule has 21 heavy (non-hydrogen) atoms. The van der Waals surface area contributed by atoms with Gasteiger partial charge in [-0.05, 0) is 31.5 Å². The van der Waals surface area contributed by atoms with Crippen molar-refractivity contribution in [3.8, 4) is 11.5 Å². The molecule has 1 fully saturated rings. The molecule has 0 bridgehead atoms. The van der Waals surface area contributed by atoms with Crippen LogP contribution in [0.1, 0.15) is 23.7 Å². The average molecular weight is 292 g/mol. The molecule has 0 aromatic heterocycles. The molecule has 1 heterocycles. The van der Waals surface area contributed by atoms with Crippen LogP contribution in [0.25, 0.3) is 0 Å². The van der Waals surface area contributed by atoms with Crippen LogP contribution in [0.5, 0.6) is 11.5 Å². The number of rotatable bonds is 4. The lowest BCUT2D eigenvalue weighted by Gasteiger charge is -2.36. The molecule has 0 spiro atoms. The van der Waals surface area contributed by atoms with Crippen molar-refractivity contribution in [2.24, 2.45) is 5.92 Å². The number of nitrogens with one attached hydrogen (secondary N) is 1. The van der Waals surface area contributed by atoms with Crippen LogP contribution in [0.15, 0.2) is 18.2 Å². The van der Waals surface area contributed by atoms with Gasteiger partial charge in [0.2, 0.25) is 0 Å². The summed E-state index contributed by atoms with van der Waals surface area (Å²) in [5, 5.41) is 3.31. The quantitative estimate of drug-likeness (QED) is 0.919. The summed E-state index contributed by atoms with van der Waals surface area (Å²) >= 11 is 0. The minimum absolute atomic E-state index is 0.0357. The van der Waals surface area contributed by atoms with Gasteiger partial charge < -0.3 is 19.7 Å². The van der Waals surface area contributed by atoms with Crippen LogP contribution in [0.3, 0.4) is 0 Å². The van der Waals surface area contributed by atoms with E-state index in [4.69, 9.17) is 9.47 Å². The molecule has 116 valence electrons. The monoisotopic (exact) mass is 292 g/mol. The fourth-order valence-corrected chi connectivity index (χ4v) is 2.87. The molecule has 1 aromatic carbocycles. The molecule has 5 heteroatoms. The molecule has 1 amide bonds. The lowest BCUT2D eigenvalue weighted by Crippen LogP contribution is -2.49. The van der Waals surface area contributed by atoms with Crippen molar-refractivity contribution in [2.75, 3.05) is 34.4 Å². The Hall–Kier alpha value is -1.75. The van der Waals surface area contributed by atoms with Gasteiger partial charge in [0.1, 0.15) is 11.5 Å². The van der Waals surface area contributed by atoms with Crippen molar-refractivity contribution < 1.29 is 14.3 Å². The molecular weight excluding hydrogens is 268 g/mol. The second-order valence-electron chi connectivity index (χ2n) is 5.51. The number of carbonyl (C=O) groups excluding carboxylic acids is 1. The molecule has 1 N–H and O–H groups in total. The Bertz CT molecular complexity index is 482. The summed E-state index contributed by atoms with van der Waals surface area (Å²) in [5.74, 6) is 1.75. The molecule has 0 aliphatic carbocycles. The number of benzene rings is 1. The van der Waals surface area contributed by atoms with E-state index in [0.29, 0.717) is 29.0 Å². The van der Waals surface area contributed by atoms with Gasteiger partial charge >= 0.3 is 0 Å². The Labute approximate surface area is 126 Å². The van der Waals surface area contributed by atoms with Gasteiger partial charge in [0.25, 0.3) is 5.91 Å². The molecule has 5 nitrogen and oxygen atoms in total. The smallest absolute Gasteiger partial charge is 0.254 e. The predicted octanol–water partition coefficient (Wildman–Crippen LogP) is 1.77. The lowest BCUT2D eigenvalue weighted by molar-refractivity contribution is 0.0648. The van der Waals surface area contributed by atoms with Crippen molar-refractivity contribution in [1.29, 1.82) is 0 Å². The van der Waals surface area contributed by atoms with Gasteiger partial charge in [-0.1, -0.05) is 6.92 Å². The van der Waals surface area contributed by atoms with Crippen LogP contribution in [-0.2, 0) is 0 Å². The van der Waals surface area contributed by atoms with Crippen molar-refractivity contribution >= 4 is 5.91 Å². The number of ether oxygens (including phenoxy) is 2. The van der Waals surface area contributed by atoms with E-state index in [1.165, 1.54) is 0 Å². The first kappa shape index (κ1) is 15.6. The molecule has 1 aliphatic rings. The van der Waals surface area contributed by atoms with E-state index < -0.39 is 0 Å². The lowest BCUT2D eigenvalue weighted by atomic mass is 9.93. The van der Waals surface area contributed by atoms with Gasteiger partial charge in [0.15, 0.2) is 0 Å². The van der Waals surface area contributed by atoms with E-state index in [1.807, 2.05) is 11.9 Å². The van der Waals surface area contributed by atoms with E-state index in [9.17, 15) is 4.79 Å². The number of likely N-dealkylation sites (tertiary alicyclic amines) is 1. The van der Waals surface area contributed by atoms with Crippen LogP contribution in [-0.4, -0.2) is 51.2 Å². The van der Waals surface area contributed by atoms with E-state index in [-0.39, 0.29) is 5.91 Å². The maximum Gasteiger partial charge on any atom is 0.254 e. The maximum atomic E-state index is 12.7.